The van der Waals surface area contributed by atoms with Crippen LogP contribution in [0.1, 0.15) is 44.9 Å². The third kappa shape index (κ3) is 4.95. The van der Waals surface area contributed by atoms with Gasteiger partial charge in [0.1, 0.15) is 12.4 Å². The number of aromatic nitrogens is 3. The summed E-state index contributed by atoms with van der Waals surface area (Å²) in [6.07, 6.45) is 7.09. The van der Waals surface area contributed by atoms with Gasteiger partial charge in [-0.2, -0.15) is 5.10 Å². The molecule has 0 unspecified atom stereocenters. The van der Waals surface area contributed by atoms with E-state index in [-0.39, 0.29) is 12.5 Å². The summed E-state index contributed by atoms with van der Waals surface area (Å²) in [6, 6.07) is 8.11. The number of H-pyrrole nitrogens is 1. The van der Waals surface area contributed by atoms with E-state index in [1.54, 1.807) is 4.57 Å². The Labute approximate surface area is 157 Å². The molecule has 134 valence electrons. The van der Waals surface area contributed by atoms with Crippen molar-refractivity contribution in [2.24, 2.45) is 0 Å². The van der Waals surface area contributed by atoms with E-state index >= 15 is 0 Å². The average Bonchev–Trinajstić information content (AvgIpc) is 3.22. The molecule has 1 aromatic heterocycles. The smallest absolute Gasteiger partial charge is 0.244 e. The monoisotopic (exact) mass is 376 g/mol. The standard InChI is InChI=1S/C18H24N4OS2/c1-2-5-16-20-21-18(24)22(16)12-17(23)19-13-8-10-15(11-9-13)25-14-6-3-4-7-14/h8-11,14H,2-7,12H2,1H3,(H,19,23)(H,21,24). The second-order valence-electron chi connectivity index (χ2n) is 6.38. The van der Waals surface area contributed by atoms with Gasteiger partial charge in [-0.15, -0.1) is 11.8 Å². The number of amides is 1. The molecule has 1 amide bonds. The lowest BCUT2D eigenvalue weighted by atomic mass is 10.3. The number of carbonyl (C=O) groups excluding carboxylic acids is 1. The van der Waals surface area contributed by atoms with Crippen molar-refractivity contribution >= 4 is 35.6 Å². The molecule has 5 nitrogen and oxygen atoms in total. The van der Waals surface area contributed by atoms with Crippen LogP contribution in [-0.4, -0.2) is 25.9 Å². The molecule has 0 spiro atoms. The minimum absolute atomic E-state index is 0.0916. The van der Waals surface area contributed by atoms with Crippen molar-refractivity contribution in [1.29, 1.82) is 0 Å². The topological polar surface area (TPSA) is 62.7 Å². The molecule has 0 bridgehead atoms. The summed E-state index contributed by atoms with van der Waals surface area (Å²) in [5.74, 6) is 0.733. The summed E-state index contributed by atoms with van der Waals surface area (Å²) < 4.78 is 2.25. The predicted molar refractivity (Wildman–Crippen MR) is 105 cm³/mol. The van der Waals surface area contributed by atoms with Gasteiger partial charge in [-0.3, -0.25) is 14.5 Å². The van der Waals surface area contributed by atoms with Gasteiger partial charge in [0, 0.05) is 22.3 Å². The number of hydrogen-bond donors (Lipinski definition) is 2. The number of thioether (sulfide) groups is 1. The van der Waals surface area contributed by atoms with E-state index in [1.165, 1.54) is 30.6 Å². The Morgan fingerprint density at radius 3 is 2.76 bits per heavy atom. The van der Waals surface area contributed by atoms with E-state index in [2.05, 4.69) is 34.6 Å². The number of nitrogens with zero attached hydrogens (tertiary/aromatic N) is 2. The number of carbonyl (C=O) groups is 1. The van der Waals surface area contributed by atoms with Crippen LogP contribution in [-0.2, 0) is 17.8 Å². The maximum absolute atomic E-state index is 12.3. The Balaban J connectivity index is 1.57. The number of nitrogens with one attached hydrogen (secondary N) is 2. The molecule has 2 N–H and O–H groups in total. The van der Waals surface area contributed by atoms with E-state index in [1.807, 2.05) is 23.9 Å². The number of aryl methyl sites for hydroxylation is 1. The molecule has 0 saturated heterocycles. The van der Waals surface area contributed by atoms with Gasteiger partial charge >= 0.3 is 0 Å². The molecule has 25 heavy (non-hydrogen) atoms. The van der Waals surface area contributed by atoms with Gasteiger partial charge in [0.15, 0.2) is 4.77 Å². The Bertz CT molecular complexity index is 760. The van der Waals surface area contributed by atoms with Gasteiger partial charge in [-0.05, 0) is 55.7 Å². The van der Waals surface area contributed by atoms with Crippen LogP contribution in [0.25, 0.3) is 0 Å². The molecule has 1 aliphatic carbocycles. The van der Waals surface area contributed by atoms with Crippen LogP contribution >= 0.6 is 24.0 Å². The van der Waals surface area contributed by atoms with Gasteiger partial charge in [-0.1, -0.05) is 19.8 Å². The Kier molecular flexibility index (Phi) is 6.31. The normalized spacial score (nSPS) is 14.8. The molecule has 7 heteroatoms. The van der Waals surface area contributed by atoms with Crippen molar-refractivity contribution in [2.75, 3.05) is 5.32 Å². The molecule has 2 aromatic rings. The largest absolute Gasteiger partial charge is 0.325 e. The highest BCUT2D eigenvalue weighted by Gasteiger charge is 2.16. The molecule has 1 aromatic carbocycles. The summed E-state index contributed by atoms with van der Waals surface area (Å²) in [5.41, 5.74) is 0.813. The molecule has 1 fully saturated rings. The maximum Gasteiger partial charge on any atom is 0.244 e. The summed E-state index contributed by atoms with van der Waals surface area (Å²) >= 11 is 7.17. The first-order valence-corrected chi connectivity index (χ1v) is 10.1. The highest BCUT2D eigenvalue weighted by atomic mass is 32.2. The lowest BCUT2D eigenvalue weighted by Gasteiger charge is -2.10. The first-order valence-electron chi connectivity index (χ1n) is 8.86. The summed E-state index contributed by atoms with van der Waals surface area (Å²) in [7, 11) is 0. The van der Waals surface area contributed by atoms with Gasteiger partial charge in [0.2, 0.25) is 5.91 Å². The van der Waals surface area contributed by atoms with Gasteiger partial charge in [-0.25, -0.2) is 0 Å². The van der Waals surface area contributed by atoms with Crippen molar-refractivity contribution in [3.63, 3.8) is 0 Å². The fraction of sp³-hybridized carbons (Fsp3) is 0.500. The van der Waals surface area contributed by atoms with Crippen LogP contribution in [0.3, 0.4) is 0 Å². The number of hydrogen-bond acceptors (Lipinski definition) is 4. The van der Waals surface area contributed by atoms with Crippen LogP contribution in [0, 0.1) is 4.77 Å². The van der Waals surface area contributed by atoms with E-state index in [0.717, 1.165) is 29.6 Å². The van der Waals surface area contributed by atoms with E-state index in [9.17, 15) is 4.79 Å². The minimum atomic E-state index is -0.0916. The van der Waals surface area contributed by atoms with Crippen molar-refractivity contribution in [3.8, 4) is 0 Å². The second kappa shape index (κ2) is 8.67. The quantitative estimate of drug-likeness (QED) is 0.695. The van der Waals surface area contributed by atoms with E-state index < -0.39 is 0 Å². The lowest BCUT2D eigenvalue weighted by molar-refractivity contribution is -0.116. The molecule has 0 radical (unpaired) electrons. The maximum atomic E-state index is 12.3. The zero-order valence-corrected chi connectivity index (χ0v) is 16.1. The van der Waals surface area contributed by atoms with Crippen LogP contribution < -0.4 is 5.32 Å². The van der Waals surface area contributed by atoms with Crippen molar-refractivity contribution < 1.29 is 4.79 Å². The average molecular weight is 377 g/mol. The number of benzene rings is 1. The molecule has 0 atom stereocenters. The van der Waals surface area contributed by atoms with Crippen LogP contribution in [0.15, 0.2) is 29.2 Å². The van der Waals surface area contributed by atoms with Crippen LogP contribution in [0.2, 0.25) is 0 Å². The van der Waals surface area contributed by atoms with E-state index in [0.29, 0.717) is 4.77 Å². The minimum Gasteiger partial charge on any atom is -0.325 e. The summed E-state index contributed by atoms with van der Waals surface area (Å²) in [4.78, 5) is 13.6. The van der Waals surface area contributed by atoms with E-state index in [4.69, 9.17) is 12.2 Å². The Hall–Kier alpha value is -1.60. The lowest BCUT2D eigenvalue weighted by Crippen LogP contribution is -2.20. The molecular weight excluding hydrogens is 352 g/mol. The first kappa shape index (κ1) is 18.2. The van der Waals surface area contributed by atoms with Crippen molar-refractivity contribution in [3.05, 3.63) is 34.9 Å². The first-order chi connectivity index (χ1) is 12.2. The van der Waals surface area contributed by atoms with Crippen LogP contribution in [0.4, 0.5) is 5.69 Å². The third-order valence-electron chi connectivity index (χ3n) is 4.36. The fourth-order valence-corrected chi connectivity index (χ4v) is 4.55. The zero-order valence-electron chi connectivity index (χ0n) is 14.5. The number of anilines is 1. The zero-order chi connectivity index (χ0) is 17.6. The molecule has 1 aliphatic rings. The van der Waals surface area contributed by atoms with Gasteiger partial charge in [0.25, 0.3) is 0 Å². The third-order valence-corrected chi connectivity index (χ3v) is 6.02. The Morgan fingerprint density at radius 2 is 2.08 bits per heavy atom. The van der Waals surface area contributed by atoms with Crippen molar-refractivity contribution in [1.82, 2.24) is 14.8 Å². The highest BCUT2D eigenvalue weighted by Crippen LogP contribution is 2.34. The molecular formula is C18H24N4OS2. The number of aromatic amines is 1. The van der Waals surface area contributed by atoms with Crippen LogP contribution in [0.5, 0.6) is 0 Å². The Morgan fingerprint density at radius 1 is 1.36 bits per heavy atom. The summed E-state index contributed by atoms with van der Waals surface area (Å²) in [5, 5.41) is 10.6. The molecule has 0 aliphatic heterocycles. The van der Waals surface area contributed by atoms with Gasteiger partial charge in [0.05, 0.1) is 0 Å². The van der Waals surface area contributed by atoms with Gasteiger partial charge < -0.3 is 5.32 Å². The summed E-state index contributed by atoms with van der Waals surface area (Å²) in [6.45, 7) is 2.26. The molecule has 1 saturated carbocycles. The molecule has 3 rings (SSSR count). The second-order valence-corrected chi connectivity index (χ2v) is 8.14. The predicted octanol–water partition coefficient (Wildman–Crippen LogP) is 4.57. The van der Waals surface area contributed by atoms with Crippen molar-refractivity contribution in [2.45, 2.75) is 62.1 Å². The molecule has 1 heterocycles. The fourth-order valence-electron chi connectivity index (χ4n) is 3.09. The number of rotatable bonds is 7. The SMILES string of the molecule is CCCc1n[nH]c(=S)n1CC(=O)Nc1ccc(SC2CCCC2)cc1. The highest BCUT2D eigenvalue weighted by molar-refractivity contribution is 8.00.